The van der Waals surface area contributed by atoms with Crippen LogP contribution in [0.3, 0.4) is 0 Å². The van der Waals surface area contributed by atoms with Gasteiger partial charge < -0.3 is 10.2 Å². The molecule has 0 spiro atoms. The summed E-state index contributed by atoms with van der Waals surface area (Å²) in [4.78, 5) is 18.5. The van der Waals surface area contributed by atoms with Crippen molar-refractivity contribution in [1.29, 1.82) is 0 Å². The molecule has 1 aliphatic heterocycles. The van der Waals surface area contributed by atoms with E-state index in [0.717, 1.165) is 55.4 Å². The van der Waals surface area contributed by atoms with E-state index in [1.165, 1.54) is 9.75 Å². The van der Waals surface area contributed by atoms with Crippen LogP contribution in [-0.4, -0.2) is 44.2 Å². The van der Waals surface area contributed by atoms with Crippen LogP contribution in [0.4, 0.5) is 11.8 Å². The van der Waals surface area contributed by atoms with Crippen molar-refractivity contribution in [2.24, 2.45) is 0 Å². The lowest BCUT2D eigenvalue weighted by molar-refractivity contribution is 0.456. The van der Waals surface area contributed by atoms with Gasteiger partial charge in [-0.1, -0.05) is 11.6 Å². The number of fused-ring (bicyclic) bond motifs is 1. The molecule has 0 aliphatic carbocycles. The lowest BCUT2D eigenvalue weighted by Gasteiger charge is -2.31. The molecular formula is C17H18ClIN6S. The second-order valence-electron chi connectivity index (χ2n) is 6.16. The van der Waals surface area contributed by atoms with Crippen molar-refractivity contribution in [2.45, 2.75) is 13.5 Å². The fourth-order valence-electron chi connectivity index (χ4n) is 2.90. The van der Waals surface area contributed by atoms with Gasteiger partial charge in [0.15, 0.2) is 0 Å². The van der Waals surface area contributed by atoms with Crippen LogP contribution in [0.2, 0.25) is 5.15 Å². The molecular weight excluding hydrogens is 483 g/mol. The molecule has 0 amide bonds. The third-order valence-electron chi connectivity index (χ3n) is 4.27. The number of nitrogens with zero attached hydrogens (tertiary/aromatic N) is 5. The maximum atomic E-state index is 6.11. The van der Waals surface area contributed by atoms with E-state index in [2.05, 4.69) is 60.2 Å². The van der Waals surface area contributed by atoms with E-state index in [1.807, 2.05) is 6.07 Å². The highest BCUT2D eigenvalue weighted by atomic mass is 127. The molecule has 0 radical (unpaired) electrons. The van der Waals surface area contributed by atoms with Crippen LogP contribution in [-0.2, 0) is 6.54 Å². The molecule has 0 atom stereocenters. The summed E-state index contributed by atoms with van der Waals surface area (Å²) in [5, 5.41) is 4.81. The third-order valence-corrected chi connectivity index (χ3v) is 6.44. The Hall–Kier alpha value is -1.23. The molecule has 3 aromatic rings. The summed E-state index contributed by atoms with van der Waals surface area (Å²) < 4.78 is 2.29. The lowest BCUT2D eigenvalue weighted by Crippen LogP contribution is -2.43. The van der Waals surface area contributed by atoms with Crippen LogP contribution in [0, 0.1) is 6.92 Å². The largest absolute Gasteiger partial charge is 0.364 e. The first kappa shape index (κ1) is 18.1. The van der Waals surface area contributed by atoms with Gasteiger partial charge in [-0.05, 0) is 25.1 Å². The normalized spacial score (nSPS) is 15.6. The zero-order valence-corrected chi connectivity index (χ0v) is 18.0. The van der Waals surface area contributed by atoms with Crippen molar-refractivity contribution in [2.75, 3.05) is 36.4 Å². The third kappa shape index (κ3) is 4.03. The van der Waals surface area contributed by atoms with Crippen LogP contribution in [0.15, 0.2) is 24.4 Å². The van der Waals surface area contributed by atoms with Crippen molar-refractivity contribution < 1.29 is 0 Å². The number of thiophene rings is 1. The van der Waals surface area contributed by atoms with E-state index in [0.29, 0.717) is 5.15 Å². The highest BCUT2D eigenvalue weighted by Crippen LogP contribution is 2.27. The molecule has 136 valence electrons. The molecule has 1 N–H and O–H groups in total. The average Bonchev–Trinajstić information content (AvgIpc) is 3.05. The first-order chi connectivity index (χ1) is 12.6. The molecule has 3 aromatic heterocycles. The fourth-order valence-corrected chi connectivity index (χ4v) is 4.32. The summed E-state index contributed by atoms with van der Waals surface area (Å²) in [7, 11) is 0. The molecule has 4 rings (SSSR count). The topological polar surface area (TPSA) is 57.2 Å². The summed E-state index contributed by atoms with van der Waals surface area (Å²) in [5.41, 5.74) is 0.807. The van der Waals surface area contributed by atoms with Crippen LogP contribution in [0.1, 0.15) is 9.75 Å². The van der Waals surface area contributed by atoms with Gasteiger partial charge >= 0.3 is 0 Å². The van der Waals surface area contributed by atoms with Gasteiger partial charge in [0.25, 0.3) is 0 Å². The number of aryl methyl sites for hydroxylation is 1. The number of anilines is 2. The smallest absolute Gasteiger partial charge is 0.228 e. The summed E-state index contributed by atoms with van der Waals surface area (Å²) >= 11 is 10.3. The molecule has 0 saturated carbocycles. The number of rotatable bonds is 4. The summed E-state index contributed by atoms with van der Waals surface area (Å²) in [6.45, 7) is 6.67. The number of pyridine rings is 1. The summed E-state index contributed by atoms with van der Waals surface area (Å²) in [5.74, 6) is 1.55. The molecule has 1 aliphatic rings. The van der Waals surface area contributed by atoms with Gasteiger partial charge in [-0.2, -0.15) is 4.98 Å². The zero-order valence-electron chi connectivity index (χ0n) is 14.2. The van der Waals surface area contributed by atoms with Crippen molar-refractivity contribution in [1.82, 2.24) is 18.1 Å². The van der Waals surface area contributed by atoms with Crippen LogP contribution >= 0.6 is 45.8 Å². The standard InChI is InChI=1S/C17H18ClIN6S/c1-11-2-3-12(26-11)9-21-16-13-8-15(18)20-10-14(13)22-17(23-16)24-4-6-25(19)7-5-24/h2-3,8,10H,4-7,9H2,1H3,(H,21,22,23). The van der Waals surface area contributed by atoms with E-state index in [1.54, 1.807) is 17.5 Å². The molecule has 1 fully saturated rings. The van der Waals surface area contributed by atoms with Crippen molar-refractivity contribution in [3.8, 4) is 0 Å². The van der Waals surface area contributed by atoms with Crippen molar-refractivity contribution in [3.63, 3.8) is 0 Å². The molecule has 9 heteroatoms. The monoisotopic (exact) mass is 500 g/mol. The molecule has 4 heterocycles. The van der Waals surface area contributed by atoms with Crippen LogP contribution in [0.5, 0.6) is 0 Å². The van der Waals surface area contributed by atoms with E-state index < -0.39 is 0 Å². The van der Waals surface area contributed by atoms with E-state index in [4.69, 9.17) is 21.6 Å². The molecule has 6 nitrogen and oxygen atoms in total. The number of hydrogen-bond donors (Lipinski definition) is 1. The predicted molar refractivity (Wildman–Crippen MR) is 117 cm³/mol. The molecule has 0 aromatic carbocycles. The second kappa shape index (κ2) is 7.79. The first-order valence-corrected chi connectivity index (χ1v) is 10.5. The van der Waals surface area contributed by atoms with Crippen molar-refractivity contribution >= 4 is 68.5 Å². The number of aromatic nitrogens is 3. The van der Waals surface area contributed by atoms with Gasteiger partial charge in [-0.15, -0.1) is 11.3 Å². The van der Waals surface area contributed by atoms with Gasteiger partial charge in [-0.25, -0.2) is 13.1 Å². The highest BCUT2D eigenvalue weighted by Gasteiger charge is 2.19. The van der Waals surface area contributed by atoms with Crippen LogP contribution < -0.4 is 10.2 Å². The van der Waals surface area contributed by atoms with Gasteiger partial charge in [0.1, 0.15) is 11.0 Å². The molecule has 0 bridgehead atoms. The number of hydrogen-bond acceptors (Lipinski definition) is 7. The van der Waals surface area contributed by atoms with Gasteiger partial charge in [-0.3, -0.25) is 0 Å². The Balaban J connectivity index is 1.67. The Labute approximate surface area is 175 Å². The fraction of sp³-hybridized carbons (Fsp3) is 0.353. The summed E-state index contributed by atoms with van der Waals surface area (Å²) in [6, 6.07) is 6.10. The van der Waals surface area contributed by atoms with Gasteiger partial charge in [0.2, 0.25) is 5.95 Å². The number of nitrogens with one attached hydrogen (secondary N) is 1. The molecule has 1 saturated heterocycles. The van der Waals surface area contributed by atoms with Gasteiger partial charge in [0.05, 0.1) is 18.3 Å². The maximum absolute atomic E-state index is 6.11. The quantitative estimate of drug-likeness (QED) is 0.330. The lowest BCUT2D eigenvalue weighted by atomic mass is 10.3. The number of halogens is 2. The van der Waals surface area contributed by atoms with E-state index >= 15 is 0 Å². The second-order valence-corrected chi connectivity index (χ2v) is 9.28. The molecule has 0 unspecified atom stereocenters. The van der Waals surface area contributed by atoms with Crippen molar-refractivity contribution in [3.05, 3.63) is 39.3 Å². The SMILES string of the molecule is Cc1ccc(CNc2nc(N3CCN(I)CC3)nc3cnc(Cl)cc23)s1. The van der Waals surface area contributed by atoms with E-state index in [-0.39, 0.29) is 0 Å². The molecule has 26 heavy (non-hydrogen) atoms. The Morgan fingerprint density at radius 2 is 2.04 bits per heavy atom. The minimum Gasteiger partial charge on any atom is -0.364 e. The Bertz CT molecular complexity index is 925. The Kier molecular flexibility index (Phi) is 5.44. The highest BCUT2D eigenvalue weighted by molar-refractivity contribution is 14.1. The predicted octanol–water partition coefficient (Wildman–Crippen LogP) is 4.13. The van der Waals surface area contributed by atoms with E-state index in [9.17, 15) is 0 Å². The maximum Gasteiger partial charge on any atom is 0.228 e. The number of piperazine rings is 1. The summed E-state index contributed by atoms with van der Waals surface area (Å²) in [6.07, 6.45) is 1.72. The van der Waals surface area contributed by atoms with Crippen LogP contribution in [0.25, 0.3) is 10.9 Å². The van der Waals surface area contributed by atoms with Gasteiger partial charge in [0, 0.05) is 64.2 Å². The minimum atomic E-state index is 0.447. The Morgan fingerprint density at radius 1 is 1.23 bits per heavy atom. The average molecular weight is 501 g/mol. The Morgan fingerprint density at radius 3 is 2.77 bits per heavy atom. The first-order valence-electron chi connectivity index (χ1n) is 8.36. The zero-order chi connectivity index (χ0) is 18.1. The minimum absolute atomic E-state index is 0.447.